The van der Waals surface area contributed by atoms with Gasteiger partial charge in [0.1, 0.15) is 0 Å². The molecule has 0 atom stereocenters. The summed E-state index contributed by atoms with van der Waals surface area (Å²) in [6.45, 7) is 1.11. The number of hydrogen-bond donors (Lipinski definition) is 0. The van der Waals surface area contributed by atoms with Crippen LogP contribution < -0.4 is 4.74 Å². The van der Waals surface area contributed by atoms with Crippen molar-refractivity contribution in [2.75, 3.05) is 7.11 Å². The first-order valence-corrected chi connectivity index (χ1v) is 4.09. The van der Waals surface area contributed by atoms with E-state index in [-0.39, 0.29) is 0 Å². The molecule has 5 heteroatoms. The Balaban J connectivity index is 3.56. The fraction of sp³-hybridized carbons (Fsp3) is 0.222. The number of halogens is 3. The lowest BCUT2D eigenvalue weighted by atomic mass is 10.1. The lowest BCUT2D eigenvalue weighted by Crippen LogP contribution is -2.04. The molecule has 0 heterocycles. The number of rotatable bonds is 2. The van der Waals surface area contributed by atoms with Crippen LogP contribution in [0.4, 0.5) is 8.78 Å². The summed E-state index contributed by atoms with van der Waals surface area (Å²) in [4.78, 5) is 11.0. The second-order valence-corrected chi connectivity index (χ2v) is 3.03. The second-order valence-electron chi connectivity index (χ2n) is 2.62. The number of carbonyl (C=O) groups is 1. The van der Waals surface area contributed by atoms with Crippen molar-refractivity contribution in [3.63, 3.8) is 0 Å². The largest absolute Gasteiger partial charge is 0.493 e. The molecular weight excluding hydrogens is 214 g/mol. The average Bonchev–Trinajstić information content (AvgIpc) is 2.10. The van der Waals surface area contributed by atoms with Gasteiger partial charge in [-0.25, -0.2) is 8.78 Å². The fourth-order valence-electron chi connectivity index (χ4n) is 1.09. The Morgan fingerprint density at radius 1 is 1.50 bits per heavy atom. The molecule has 1 rings (SSSR count). The maximum Gasteiger partial charge on any atom is 0.168 e. The molecule has 76 valence electrons. The van der Waals surface area contributed by atoms with Crippen LogP contribution in [0, 0.1) is 11.6 Å². The van der Waals surface area contributed by atoms with Crippen molar-refractivity contribution in [3.05, 3.63) is 28.3 Å². The fourth-order valence-corrected chi connectivity index (χ4v) is 1.28. The predicted octanol–water partition coefficient (Wildman–Crippen LogP) is 2.83. The molecular formula is C9H7ClF2O2. The summed E-state index contributed by atoms with van der Waals surface area (Å²) in [5.41, 5.74) is -0.461. The van der Waals surface area contributed by atoms with Crippen LogP contribution in [0.2, 0.25) is 5.02 Å². The Morgan fingerprint density at radius 2 is 2.07 bits per heavy atom. The zero-order chi connectivity index (χ0) is 10.9. The highest BCUT2D eigenvalue weighted by Gasteiger charge is 2.21. The number of ketones is 1. The third kappa shape index (κ3) is 1.70. The normalized spacial score (nSPS) is 10.1. The molecule has 0 saturated heterocycles. The summed E-state index contributed by atoms with van der Waals surface area (Å²) in [5, 5.41) is -0.437. The zero-order valence-corrected chi connectivity index (χ0v) is 8.28. The van der Waals surface area contributed by atoms with Crippen LogP contribution in [0.15, 0.2) is 6.07 Å². The van der Waals surface area contributed by atoms with Gasteiger partial charge in [-0.2, -0.15) is 0 Å². The Morgan fingerprint density at radius 3 is 2.50 bits per heavy atom. The van der Waals surface area contributed by atoms with Gasteiger partial charge in [0.2, 0.25) is 0 Å². The Kier molecular flexibility index (Phi) is 3.06. The third-order valence-corrected chi connectivity index (χ3v) is 1.96. The molecule has 0 bridgehead atoms. The average molecular weight is 221 g/mol. The highest BCUT2D eigenvalue weighted by molar-refractivity contribution is 6.31. The van der Waals surface area contributed by atoms with Gasteiger partial charge in [-0.15, -0.1) is 0 Å². The van der Waals surface area contributed by atoms with Crippen molar-refractivity contribution in [1.29, 1.82) is 0 Å². The Bertz CT molecular complexity index is 391. The summed E-state index contributed by atoms with van der Waals surface area (Å²) in [6, 6.07) is 0.766. The predicted molar refractivity (Wildman–Crippen MR) is 47.9 cm³/mol. The highest BCUT2D eigenvalue weighted by atomic mass is 35.5. The second kappa shape index (κ2) is 3.92. The first-order chi connectivity index (χ1) is 6.49. The first-order valence-electron chi connectivity index (χ1n) is 3.71. The van der Waals surface area contributed by atoms with Crippen LogP contribution in [-0.2, 0) is 0 Å². The third-order valence-electron chi connectivity index (χ3n) is 1.68. The van der Waals surface area contributed by atoms with E-state index in [1.54, 1.807) is 0 Å². The van der Waals surface area contributed by atoms with Crippen molar-refractivity contribution in [1.82, 2.24) is 0 Å². The van der Waals surface area contributed by atoms with Crippen LogP contribution in [0.1, 0.15) is 17.3 Å². The van der Waals surface area contributed by atoms with Gasteiger partial charge in [0.25, 0.3) is 0 Å². The standard InChI is InChI=1S/C9H7ClF2O2/c1-4(13)7-8(12)5(10)3-6(11)9(7)14-2/h3H,1-2H3. The van der Waals surface area contributed by atoms with Gasteiger partial charge in [-0.05, 0) is 13.0 Å². The molecule has 0 amide bonds. The molecule has 0 saturated carbocycles. The van der Waals surface area contributed by atoms with Gasteiger partial charge in [-0.3, -0.25) is 4.79 Å². The van der Waals surface area contributed by atoms with Crippen molar-refractivity contribution < 1.29 is 18.3 Å². The molecule has 0 aliphatic heterocycles. The lowest BCUT2D eigenvalue weighted by Gasteiger charge is -2.08. The molecule has 1 aromatic rings. The minimum atomic E-state index is -0.961. The van der Waals surface area contributed by atoms with E-state index in [0.29, 0.717) is 0 Å². The van der Waals surface area contributed by atoms with E-state index in [0.717, 1.165) is 20.1 Å². The monoisotopic (exact) mass is 220 g/mol. The van der Waals surface area contributed by atoms with E-state index in [9.17, 15) is 13.6 Å². The molecule has 1 aromatic carbocycles. The molecule has 0 unspecified atom stereocenters. The molecule has 0 aliphatic carbocycles. The van der Waals surface area contributed by atoms with E-state index in [2.05, 4.69) is 4.74 Å². The van der Waals surface area contributed by atoms with Crippen LogP contribution in [0.3, 0.4) is 0 Å². The Labute approximate surface area is 84.4 Å². The molecule has 14 heavy (non-hydrogen) atoms. The smallest absolute Gasteiger partial charge is 0.168 e. The van der Waals surface area contributed by atoms with Gasteiger partial charge in [0.05, 0.1) is 17.7 Å². The number of benzene rings is 1. The highest BCUT2D eigenvalue weighted by Crippen LogP contribution is 2.30. The van der Waals surface area contributed by atoms with E-state index >= 15 is 0 Å². The van der Waals surface area contributed by atoms with Crippen molar-refractivity contribution in [2.24, 2.45) is 0 Å². The minimum absolute atomic E-state index is 0.417. The molecule has 0 aromatic heterocycles. The summed E-state index contributed by atoms with van der Waals surface area (Å²) >= 11 is 5.37. The van der Waals surface area contributed by atoms with Gasteiger partial charge in [0.15, 0.2) is 23.2 Å². The summed E-state index contributed by atoms with van der Waals surface area (Å²) in [7, 11) is 1.15. The van der Waals surface area contributed by atoms with Crippen molar-refractivity contribution >= 4 is 17.4 Å². The van der Waals surface area contributed by atoms with E-state index in [4.69, 9.17) is 11.6 Å². The molecule has 0 fully saturated rings. The summed E-state index contributed by atoms with van der Waals surface area (Å²) < 4.78 is 31.0. The van der Waals surface area contributed by atoms with Crippen LogP contribution >= 0.6 is 11.6 Å². The number of hydrogen-bond acceptors (Lipinski definition) is 2. The van der Waals surface area contributed by atoms with Crippen molar-refractivity contribution in [3.8, 4) is 5.75 Å². The number of methoxy groups -OCH3 is 1. The van der Waals surface area contributed by atoms with Crippen LogP contribution in [0.5, 0.6) is 5.75 Å². The van der Waals surface area contributed by atoms with Gasteiger partial charge < -0.3 is 4.74 Å². The molecule has 0 aliphatic rings. The molecule has 0 radical (unpaired) electrons. The Hall–Kier alpha value is -1.16. The van der Waals surface area contributed by atoms with Crippen LogP contribution in [0.25, 0.3) is 0 Å². The topological polar surface area (TPSA) is 26.3 Å². The zero-order valence-electron chi connectivity index (χ0n) is 7.53. The molecule has 2 nitrogen and oxygen atoms in total. The minimum Gasteiger partial charge on any atom is -0.493 e. The van der Waals surface area contributed by atoms with Gasteiger partial charge in [0, 0.05) is 0 Å². The maximum atomic E-state index is 13.3. The number of carbonyl (C=O) groups excluding carboxylic acids is 1. The van der Waals surface area contributed by atoms with E-state index in [1.807, 2.05) is 0 Å². The molecule has 0 spiro atoms. The maximum absolute atomic E-state index is 13.3. The first kappa shape index (κ1) is 10.9. The summed E-state index contributed by atoms with van der Waals surface area (Å²) in [6.07, 6.45) is 0. The SMILES string of the molecule is COc1c(F)cc(Cl)c(F)c1C(C)=O. The van der Waals surface area contributed by atoms with Gasteiger partial charge in [-0.1, -0.05) is 11.6 Å². The summed E-state index contributed by atoms with van der Waals surface area (Å²) in [5.74, 6) is -2.87. The van der Waals surface area contributed by atoms with E-state index < -0.39 is 33.8 Å². The number of Topliss-reactive ketones (excluding diaryl/α,β-unsaturated/α-hetero) is 1. The number of ether oxygens (including phenoxy) is 1. The van der Waals surface area contributed by atoms with Crippen molar-refractivity contribution in [2.45, 2.75) is 6.92 Å². The van der Waals surface area contributed by atoms with Crippen LogP contribution in [-0.4, -0.2) is 12.9 Å². The quantitative estimate of drug-likeness (QED) is 0.566. The lowest BCUT2D eigenvalue weighted by molar-refractivity contribution is 0.101. The molecule has 0 N–H and O–H groups in total. The van der Waals surface area contributed by atoms with E-state index in [1.165, 1.54) is 0 Å². The van der Waals surface area contributed by atoms with Gasteiger partial charge >= 0.3 is 0 Å².